The predicted molar refractivity (Wildman–Crippen MR) is 86.8 cm³/mol. The van der Waals surface area contributed by atoms with Gasteiger partial charge in [0.2, 0.25) is 5.91 Å². The molecule has 20 heavy (non-hydrogen) atoms. The minimum atomic E-state index is 0. The predicted octanol–water partition coefficient (Wildman–Crippen LogP) is 1.78. The maximum Gasteiger partial charge on any atom is 0.224 e. The number of carbonyl (C=O) groups excluding carboxylic acids is 1. The van der Waals surface area contributed by atoms with Crippen molar-refractivity contribution < 1.29 is 9.53 Å². The van der Waals surface area contributed by atoms with E-state index in [9.17, 15) is 4.79 Å². The second-order valence-corrected chi connectivity index (χ2v) is 6.59. The number of thioether (sulfide) groups is 1. The zero-order valence-corrected chi connectivity index (χ0v) is 13.9. The summed E-state index contributed by atoms with van der Waals surface area (Å²) in [4.78, 5) is 14.4. The van der Waals surface area contributed by atoms with Crippen LogP contribution >= 0.6 is 24.2 Å². The van der Waals surface area contributed by atoms with Crippen LogP contribution in [0.4, 0.5) is 0 Å². The second-order valence-electron chi connectivity index (χ2n) is 5.44. The van der Waals surface area contributed by atoms with Gasteiger partial charge in [-0.25, -0.2) is 0 Å². The molecule has 2 rings (SSSR count). The molecule has 0 aromatic carbocycles. The molecular formula is C14H27ClN2O2S. The number of carbonyl (C=O) groups is 1. The number of rotatable bonds is 5. The van der Waals surface area contributed by atoms with Gasteiger partial charge in [0.25, 0.3) is 0 Å². The molecule has 1 amide bonds. The van der Waals surface area contributed by atoms with Crippen molar-refractivity contribution in [2.45, 2.75) is 32.2 Å². The summed E-state index contributed by atoms with van der Waals surface area (Å²) in [5.74, 6) is 3.10. The number of hydrogen-bond acceptors (Lipinski definition) is 4. The van der Waals surface area contributed by atoms with E-state index in [0.29, 0.717) is 24.3 Å². The summed E-state index contributed by atoms with van der Waals surface area (Å²) in [6.07, 6.45) is 2.98. The fraction of sp³-hybridized carbons (Fsp3) is 0.929. The van der Waals surface area contributed by atoms with Gasteiger partial charge in [0, 0.05) is 50.2 Å². The normalized spacial score (nSPS) is 26.9. The molecule has 0 aliphatic carbocycles. The third kappa shape index (κ3) is 5.80. The molecule has 0 radical (unpaired) electrons. The molecule has 2 aliphatic rings. The number of likely N-dealkylation sites (tertiary alicyclic amines) is 1. The van der Waals surface area contributed by atoms with E-state index < -0.39 is 0 Å². The largest absolute Gasteiger partial charge is 0.381 e. The van der Waals surface area contributed by atoms with Gasteiger partial charge in [0.05, 0.1) is 6.61 Å². The van der Waals surface area contributed by atoms with Gasteiger partial charge in [0.1, 0.15) is 0 Å². The molecule has 6 heteroatoms. The van der Waals surface area contributed by atoms with Gasteiger partial charge in [-0.15, -0.1) is 12.4 Å². The van der Waals surface area contributed by atoms with Crippen LogP contribution in [-0.4, -0.2) is 61.2 Å². The summed E-state index contributed by atoms with van der Waals surface area (Å²) in [5.41, 5.74) is 0. The molecule has 0 saturated carbocycles. The number of amides is 1. The Labute approximate surface area is 132 Å². The van der Waals surface area contributed by atoms with E-state index >= 15 is 0 Å². The monoisotopic (exact) mass is 322 g/mol. The van der Waals surface area contributed by atoms with E-state index in [4.69, 9.17) is 4.74 Å². The molecule has 0 spiro atoms. The highest BCUT2D eigenvalue weighted by Crippen LogP contribution is 2.19. The van der Waals surface area contributed by atoms with Crippen LogP contribution in [-0.2, 0) is 9.53 Å². The number of piperidine rings is 1. The van der Waals surface area contributed by atoms with Crippen LogP contribution in [0.3, 0.4) is 0 Å². The first-order valence-electron chi connectivity index (χ1n) is 7.46. The average molecular weight is 323 g/mol. The lowest BCUT2D eigenvalue weighted by Crippen LogP contribution is -2.46. The smallest absolute Gasteiger partial charge is 0.224 e. The summed E-state index contributed by atoms with van der Waals surface area (Å²) < 4.78 is 5.50. The highest BCUT2D eigenvalue weighted by atomic mass is 35.5. The molecule has 0 bridgehead atoms. The maximum absolute atomic E-state index is 12.3. The molecular weight excluding hydrogens is 296 g/mol. The van der Waals surface area contributed by atoms with Gasteiger partial charge in [-0.1, -0.05) is 0 Å². The zero-order chi connectivity index (χ0) is 13.5. The summed E-state index contributed by atoms with van der Waals surface area (Å²) >= 11 is 1.95. The van der Waals surface area contributed by atoms with Crippen molar-refractivity contribution in [1.29, 1.82) is 0 Å². The van der Waals surface area contributed by atoms with E-state index in [1.807, 2.05) is 23.6 Å². The van der Waals surface area contributed by atoms with Crippen molar-refractivity contribution in [2.24, 2.45) is 5.92 Å². The Morgan fingerprint density at radius 2 is 2.35 bits per heavy atom. The summed E-state index contributed by atoms with van der Waals surface area (Å²) in [5, 5.41) is 3.44. The lowest BCUT2D eigenvalue weighted by molar-refractivity contribution is -0.133. The third-order valence-corrected chi connectivity index (χ3v) is 4.98. The van der Waals surface area contributed by atoms with Crippen molar-refractivity contribution in [2.75, 3.05) is 44.4 Å². The standard InChI is InChI=1S/C14H26N2O2S.ClH/c1-2-18-10-12-4-3-6-16(9-12)14(17)8-13-11-19-7-5-15-13;/h12-13,15H,2-11H2,1H3;1H. The molecule has 2 heterocycles. The van der Waals surface area contributed by atoms with Crippen LogP contribution in [0, 0.1) is 5.92 Å². The number of ether oxygens (including phenoxy) is 1. The first-order valence-corrected chi connectivity index (χ1v) is 8.61. The van der Waals surface area contributed by atoms with Crippen molar-refractivity contribution in [3.63, 3.8) is 0 Å². The van der Waals surface area contributed by atoms with Gasteiger partial charge in [0.15, 0.2) is 0 Å². The van der Waals surface area contributed by atoms with Crippen LogP contribution in [0.1, 0.15) is 26.2 Å². The minimum Gasteiger partial charge on any atom is -0.381 e. The summed E-state index contributed by atoms with van der Waals surface area (Å²) in [6.45, 7) is 6.46. The van der Waals surface area contributed by atoms with Crippen molar-refractivity contribution in [3.8, 4) is 0 Å². The maximum atomic E-state index is 12.3. The van der Waals surface area contributed by atoms with E-state index in [-0.39, 0.29) is 12.4 Å². The summed E-state index contributed by atoms with van der Waals surface area (Å²) in [7, 11) is 0. The Kier molecular flexibility index (Phi) is 8.93. The van der Waals surface area contributed by atoms with Crippen LogP contribution in [0.25, 0.3) is 0 Å². The lowest BCUT2D eigenvalue weighted by atomic mass is 9.98. The van der Waals surface area contributed by atoms with E-state index in [0.717, 1.165) is 45.0 Å². The summed E-state index contributed by atoms with van der Waals surface area (Å²) in [6, 6.07) is 0.374. The number of hydrogen-bond donors (Lipinski definition) is 1. The molecule has 2 unspecified atom stereocenters. The second kappa shape index (κ2) is 9.87. The number of halogens is 1. The SMILES string of the molecule is CCOCC1CCCN(C(=O)CC2CSCCN2)C1.Cl. The molecule has 118 valence electrons. The lowest BCUT2D eigenvalue weighted by Gasteiger charge is -2.34. The Hall–Kier alpha value is 0.0300. The average Bonchev–Trinajstić information content (AvgIpc) is 2.46. The molecule has 1 N–H and O–H groups in total. The van der Waals surface area contributed by atoms with Gasteiger partial charge in [-0.3, -0.25) is 4.79 Å². The first kappa shape index (κ1) is 18.1. The van der Waals surface area contributed by atoms with Crippen molar-refractivity contribution in [1.82, 2.24) is 10.2 Å². The van der Waals surface area contributed by atoms with E-state index in [1.165, 1.54) is 12.2 Å². The van der Waals surface area contributed by atoms with Crippen molar-refractivity contribution in [3.05, 3.63) is 0 Å². The Morgan fingerprint density at radius 1 is 1.50 bits per heavy atom. The molecule has 2 atom stereocenters. The van der Waals surface area contributed by atoms with Crippen LogP contribution in [0.15, 0.2) is 0 Å². The number of nitrogens with one attached hydrogen (secondary N) is 1. The quantitative estimate of drug-likeness (QED) is 0.838. The fourth-order valence-corrected chi connectivity index (χ4v) is 3.75. The minimum absolute atomic E-state index is 0. The first-order chi connectivity index (χ1) is 9.29. The molecule has 0 aromatic rings. The van der Waals surface area contributed by atoms with Gasteiger partial charge < -0.3 is 15.0 Å². The Morgan fingerprint density at radius 3 is 3.05 bits per heavy atom. The van der Waals surface area contributed by atoms with Gasteiger partial charge in [-0.05, 0) is 25.7 Å². The zero-order valence-electron chi connectivity index (χ0n) is 12.3. The van der Waals surface area contributed by atoms with Crippen LogP contribution in [0.2, 0.25) is 0 Å². The Bertz CT molecular complexity index is 288. The van der Waals surface area contributed by atoms with Crippen molar-refractivity contribution >= 4 is 30.1 Å². The number of nitrogens with zero attached hydrogens (tertiary/aromatic N) is 1. The van der Waals surface area contributed by atoms with E-state index in [2.05, 4.69) is 5.32 Å². The van der Waals surface area contributed by atoms with Crippen LogP contribution in [0.5, 0.6) is 0 Å². The topological polar surface area (TPSA) is 41.6 Å². The Balaban J connectivity index is 0.00000200. The molecule has 2 aliphatic heterocycles. The fourth-order valence-electron chi connectivity index (χ4n) is 2.80. The van der Waals surface area contributed by atoms with Gasteiger partial charge in [-0.2, -0.15) is 11.8 Å². The molecule has 0 aromatic heterocycles. The highest BCUT2D eigenvalue weighted by Gasteiger charge is 2.26. The van der Waals surface area contributed by atoms with Gasteiger partial charge >= 0.3 is 0 Å². The molecule has 2 fully saturated rings. The third-order valence-electron chi connectivity index (χ3n) is 3.85. The molecule has 2 saturated heterocycles. The highest BCUT2D eigenvalue weighted by molar-refractivity contribution is 7.99. The molecule has 4 nitrogen and oxygen atoms in total. The van der Waals surface area contributed by atoms with Crippen LogP contribution < -0.4 is 5.32 Å². The van der Waals surface area contributed by atoms with E-state index in [1.54, 1.807) is 0 Å².